The summed E-state index contributed by atoms with van der Waals surface area (Å²) in [5.41, 5.74) is 0. The molecule has 0 saturated carbocycles. The SMILES string of the molecule is CN=C(NCC(=O)NCCOC)N1CCN(Cc2ccc(Cl)s2)CC1.I. The maximum Gasteiger partial charge on any atom is 0.239 e. The molecule has 0 spiro atoms. The van der Waals surface area contributed by atoms with Gasteiger partial charge in [-0.3, -0.25) is 14.7 Å². The van der Waals surface area contributed by atoms with Gasteiger partial charge in [-0.05, 0) is 12.1 Å². The van der Waals surface area contributed by atoms with Gasteiger partial charge in [-0.25, -0.2) is 0 Å². The Morgan fingerprint density at radius 3 is 2.62 bits per heavy atom. The van der Waals surface area contributed by atoms with Gasteiger partial charge >= 0.3 is 0 Å². The fraction of sp³-hybridized carbons (Fsp3) is 0.625. The van der Waals surface area contributed by atoms with Crippen molar-refractivity contribution in [3.8, 4) is 0 Å². The van der Waals surface area contributed by atoms with Crippen LogP contribution in [0.15, 0.2) is 17.1 Å². The zero-order valence-electron chi connectivity index (χ0n) is 15.2. The average Bonchev–Trinajstić information content (AvgIpc) is 3.02. The number of rotatable bonds is 7. The van der Waals surface area contributed by atoms with E-state index in [1.54, 1.807) is 25.5 Å². The molecule has 26 heavy (non-hydrogen) atoms. The molecule has 7 nitrogen and oxygen atoms in total. The number of aliphatic imine (C=N–C) groups is 1. The van der Waals surface area contributed by atoms with Crippen LogP contribution in [0.25, 0.3) is 0 Å². The maximum atomic E-state index is 11.8. The number of piperazine rings is 1. The summed E-state index contributed by atoms with van der Waals surface area (Å²) in [6, 6.07) is 4.03. The van der Waals surface area contributed by atoms with E-state index in [1.807, 2.05) is 6.07 Å². The summed E-state index contributed by atoms with van der Waals surface area (Å²) in [6.07, 6.45) is 0. The number of ether oxygens (including phenoxy) is 1. The third-order valence-corrected chi connectivity index (χ3v) is 5.14. The normalized spacial score (nSPS) is 15.5. The van der Waals surface area contributed by atoms with Crippen molar-refractivity contribution in [3.63, 3.8) is 0 Å². The molecule has 1 aromatic rings. The summed E-state index contributed by atoms with van der Waals surface area (Å²) in [4.78, 5) is 21.9. The van der Waals surface area contributed by atoms with Gasteiger partial charge in [0.05, 0.1) is 17.5 Å². The lowest BCUT2D eigenvalue weighted by Crippen LogP contribution is -2.53. The van der Waals surface area contributed by atoms with Gasteiger partial charge in [0.15, 0.2) is 5.96 Å². The van der Waals surface area contributed by atoms with E-state index in [2.05, 4.69) is 31.5 Å². The summed E-state index contributed by atoms with van der Waals surface area (Å²) < 4.78 is 5.74. The predicted molar refractivity (Wildman–Crippen MR) is 118 cm³/mol. The second-order valence-corrected chi connectivity index (χ2v) is 7.51. The van der Waals surface area contributed by atoms with E-state index in [-0.39, 0.29) is 36.4 Å². The Morgan fingerprint density at radius 1 is 1.31 bits per heavy atom. The molecule has 148 valence electrons. The maximum absolute atomic E-state index is 11.8. The Bertz CT molecular complexity index is 579. The van der Waals surface area contributed by atoms with E-state index >= 15 is 0 Å². The van der Waals surface area contributed by atoms with Crippen molar-refractivity contribution in [2.45, 2.75) is 6.54 Å². The largest absolute Gasteiger partial charge is 0.383 e. The number of nitrogens with zero attached hydrogens (tertiary/aromatic N) is 3. The second kappa shape index (κ2) is 12.7. The Hall–Kier alpha value is -0.620. The van der Waals surface area contributed by atoms with Crippen molar-refractivity contribution in [1.29, 1.82) is 0 Å². The van der Waals surface area contributed by atoms with Gasteiger partial charge in [-0.1, -0.05) is 11.6 Å². The molecule has 1 amide bonds. The Morgan fingerprint density at radius 2 is 2.04 bits per heavy atom. The molecule has 0 bridgehead atoms. The molecule has 1 fully saturated rings. The molecule has 0 aliphatic carbocycles. The average molecular weight is 516 g/mol. The van der Waals surface area contributed by atoms with Crippen LogP contribution >= 0.6 is 46.9 Å². The fourth-order valence-electron chi connectivity index (χ4n) is 2.62. The highest BCUT2D eigenvalue weighted by Crippen LogP contribution is 2.23. The van der Waals surface area contributed by atoms with E-state index in [9.17, 15) is 4.79 Å². The summed E-state index contributed by atoms with van der Waals surface area (Å²) in [5.74, 6) is 0.701. The highest BCUT2D eigenvalue weighted by molar-refractivity contribution is 14.0. The van der Waals surface area contributed by atoms with Crippen LogP contribution in [0.5, 0.6) is 0 Å². The first kappa shape index (κ1) is 23.4. The number of methoxy groups -OCH3 is 1. The van der Waals surface area contributed by atoms with E-state index in [0.717, 1.165) is 43.0 Å². The minimum atomic E-state index is -0.0635. The molecule has 0 aromatic carbocycles. The molecule has 10 heteroatoms. The van der Waals surface area contributed by atoms with Crippen LogP contribution in [0.1, 0.15) is 4.88 Å². The molecule has 1 aliphatic rings. The van der Waals surface area contributed by atoms with Crippen LogP contribution in [-0.4, -0.2) is 81.7 Å². The van der Waals surface area contributed by atoms with Crippen molar-refractivity contribution >= 4 is 58.8 Å². The smallest absolute Gasteiger partial charge is 0.239 e. The van der Waals surface area contributed by atoms with Crippen molar-refractivity contribution in [2.24, 2.45) is 4.99 Å². The van der Waals surface area contributed by atoms with Crippen molar-refractivity contribution in [3.05, 3.63) is 21.3 Å². The number of hydrogen-bond donors (Lipinski definition) is 2. The summed E-state index contributed by atoms with van der Waals surface area (Å²) >= 11 is 7.62. The van der Waals surface area contributed by atoms with E-state index in [1.165, 1.54) is 4.88 Å². The summed E-state index contributed by atoms with van der Waals surface area (Å²) in [7, 11) is 3.35. The van der Waals surface area contributed by atoms with Crippen LogP contribution in [-0.2, 0) is 16.1 Å². The van der Waals surface area contributed by atoms with Crippen LogP contribution in [0.2, 0.25) is 4.34 Å². The first-order valence-corrected chi connectivity index (χ1v) is 9.49. The summed E-state index contributed by atoms with van der Waals surface area (Å²) in [5, 5.41) is 5.91. The van der Waals surface area contributed by atoms with Crippen molar-refractivity contribution < 1.29 is 9.53 Å². The van der Waals surface area contributed by atoms with Crippen molar-refractivity contribution in [2.75, 3.05) is 60.0 Å². The molecule has 0 atom stereocenters. The highest BCUT2D eigenvalue weighted by Gasteiger charge is 2.20. The van der Waals surface area contributed by atoms with E-state index in [4.69, 9.17) is 16.3 Å². The second-order valence-electron chi connectivity index (χ2n) is 5.71. The molecule has 0 unspecified atom stereocenters. The Kier molecular flexibility index (Phi) is 11.4. The van der Waals surface area contributed by atoms with Crippen LogP contribution in [0.3, 0.4) is 0 Å². The minimum absolute atomic E-state index is 0. The highest BCUT2D eigenvalue weighted by atomic mass is 127. The number of thiophene rings is 1. The molecule has 2 heterocycles. The van der Waals surface area contributed by atoms with E-state index in [0.29, 0.717) is 13.2 Å². The van der Waals surface area contributed by atoms with Gasteiger partial charge in [0.2, 0.25) is 5.91 Å². The topological polar surface area (TPSA) is 69.2 Å². The van der Waals surface area contributed by atoms with Gasteiger partial charge in [0.1, 0.15) is 0 Å². The molecule has 0 radical (unpaired) electrons. The van der Waals surface area contributed by atoms with Crippen LogP contribution in [0.4, 0.5) is 0 Å². The fourth-order valence-corrected chi connectivity index (χ4v) is 3.75. The lowest BCUT2D eigenvalue weighted by Gasteiger charge is -2.36. The van der Waals surface area contributed by atoms with Crippen LogP contribution < -0.4 is 10.6 Å². The first-order valence-electron chi connectivity index (χ1n) is 8.30. The molecule has 1 aromatic heterocycles. The van der Waals surface area contributed by atoms with Gasteiger partial charge in [0.25, 0.3) is 0 Å². The number of nitrogens with one attached hydrogen (secondary N) is 2. The van der Waals surface area contributed by atoms with Gasteiger partial charge in [0, 0.05) is 58.3 Å². The number of halogens is 2. The number of carbonyl (C=O) groups is 1. The quantitative estimate of drug-likeness (QED) is 0.249. The molecule has 1 aliphatic heterocycles. The van der Waals surface area contributed by atoms with Crippen molar-refractivity contribution in [1.82, 2.24) is 20.4 Å². The standard InChI is InChI=1S/C16H26ClN5O2S.HI/c1-18-16(20-11-15(23)19-5-10-24-2)22-8-6-21(7-9-22)12-13-3-4-14(17)25-13;/h3-4H,5-12H2,1-2H3,(H,18,20)(H,19,23);1H. The van der Waals surface area contributed by atoms with Crippen LogP contribution in [0, 0.1) is 0 Å². The van der Waals surface area contributed by atoms with Gasteiger partial charge in [-0.15, -0.1) is 35.3 Å². The number of amides is 1. The van der Waals surface area contributed by atoms with E-state index < -0.39 is 0 Å². The first-order chi connectivity index (χ1) is 12.1. The lowest BCUT2D eigenvalue weighted by atomic mass is 10.3. The lowest BCUT2D eigenvalue weighted by molar-refractivity contribution is -0.120. The number of carbonyl (C=O) groups excluding carboxylic acids is 1. The molecule has 1 saturated heterocycles. The predicted octanol–water partition coefficient (Wildman–Crippen LogP) is 1.48. The third kappa shape index (κ3) is 7.95. The molecule has 2 rings (SSSR count). The summed E-state index contributed by atoms with van der Waals surface area (Å²) in [6.45, 7) is 5.84. The zero-order valence-corrected chi connectivity index (χ0v) is 19.1. The zero-order chi connectivity index (χ0) is 18.1. The Labute approximate surface area is 181 Å². The van der Waals surface area contributed by atoms with Gasteiger partial charge in [-0.2, -0.15) is 0 Å². The van der Waals surface area contributed by atoms with Gasteiger partial charge < -0.3 is 20.3 Å². The number of hydrogen-bond acceptors (Lipinski definition) is 5. The molecular formula is C16H27ClIN5O2S. The third-order valence-electron chi connectivity index (χ3n) is 3.93. The molecule has 2 N–H and O–H groups in total. The Balaban J connectivity index is 0.00000338. The molecular weight excluding hydrogens is 489 g/mol. The number of guanidine groups is 1. The monoisotopic (exact) mass is 515 g/mol. The minimum Gasteiger partial charge on any atom is -0.383 e.